The second-order valence-corrected chi connectivity index (χ2v) is 6.54. The predicted octanol–water partition coefficient (Wildman–Crippen LogP) is 0.632. The van der Waals surface area contributed by atoms with Gasteiger partial charge in [0.1, 0.15) is 11.6 Å². The molecule has 0 aromatic rings. The molecule has 0 rings (SSSR count). The molecule has 3 N–H and O–H groups in total. The topological polar surface area (TPSA) is 130 Å². The lowest BCUT2D eigenvalue weighted by Gasteiger charge is -2.21. The number of rotatable bonds is 6. The van der Waals surface area contributed by atoms with E-state index in [1.807, 2.05) is 0 Å². The molecule has 0 fully saturated rings. The van der Waals surface area contributed by atoms with Crippen molar-refractivity contribution in [2.75, 3.05) is 5.75 Å². The summed E-state index contributed by atoms with van der Waals surface area (Å²) in [6, 6.07) is -1.27. The van der Waals surface area contributed by atoms with Crippen molar-refractivity contribution in [1.82, 2.24) is 5.32 Å². The molecule has 0 aromatic heterocycles. The van der Waals surface area contributed by atoms with Gasteiger partial charge in [0.15, 0.2) is 0 Å². The minimum Gasteiger partial charge on any atom is -0.480 e. The zero-order valence-electron chi connectivity index (χ0n) is 11.0. The van der Waals surface area contributed by atoms with Crippen LogP contribution in [0.4, 0.5) is 4.79 Å². The monoisotopic (exact) mass is 297 g/mol. The number of nitrogens with one attached hydrogen (secondary N) is 1. The normalized spacial score (nSPS) is 13.7. The fourth-order valence-corrected chi connectivity index (χ4v) is 1.71. The van der Waals surface area contributed by atoms with Crippen molar-refractivity contribution >= 4 is 22.2 Å². The first-order valence-corrected chi connectivity index (χ1v) is 7.19. The molecule has 0 saturated heterocycles. The maximum atomic E-state index is 11.4. The molecule has 0 heterocycles. The number of carbonyl (C=O) groups is 2. The van der Waals surface area contributed by atoms with Crippen LogP contribution in [0.1, 0.15) is 33.6 Å². The zero-order valence-corrected chi connectivity index (χ0v) is 11.9. The quantitative estimate of drug-likeness (QED) is 0.613. The molecule has 0 aromatic carbocycles. The van der Waals surface area contributed by atoms with Crippen LogP contribution in [-0.4, -0.2) is 47.5 Å². The highest BCUT2D eigenvalue weighted by atomic mass is 32.2. The second kappa shape index (κ2) is 6.71. The van der Waals surface area contributed by atoms with E-state index in [9.17, 15) is 18.0 Å². The summed E-state index contributed by atoms with van der Waals surface area (Å²) in [6.45, 7) is 4.88. The van der Waals surface area contributed by atoms with Crippen LogP contribution < -0.4 is 5.32 Å². The number of carboxylic acid groups (broad SMARTS) is 1. The van der Waals surface area contributed by atoms with Gasteiger partial charge < -0.3 is 15.2 Å². The summed E-state index contributed by atoms with van der Waals surface area (Å²) in [5.41, 5.74) is -0.762. The van der Waals surface area contributed by atoms with Gasteiger partial charge in [0.2, 0.25) is 0 Å². The molecule has 1 atom stereocenters. The third kappa shape index (κ3) is 10.3. The Morgan fingerprint density at radius 3 is 2.21 bits per heavy atom. The van der Waals surface area contributed by atoms with Crippen molar-refractivity contribution in [1.29, 1.82) is 0 Å². The van der Waals surface area contributed by atoms with Crippen LogP contribution in [0.5, 0.6) is 0 Å². The van der Waals surface area contributed by atoms with Gasteiger partial charge in [-0.15, -0.1) is 0 Å². The van der Waals surface area contributed by atoms with E-state index >= 15 is 0 Å². The Morgan fingerprint density at radius 1 is 1.32 bits per heavy atom. The number of alkyl carbamates (subject to hydrolysis) is 1. The van der Waals surface area contributed by atoms with Crippen LogP contribution in [0.2, 0.25) is 0 Å². The number of ether oxygens (including phenoxy) is 1. The highest BCUT2D eigenvalue weighted by Gasteiger charge is 2.24. The Morgan fingerprint density at radius 2 is 1.84 bits per heavy atom. The first kappa shape index (κ1) is 17.6. The van der Waals surface area contributed by atoms with Crippen LogP contribution in [0.25, 0.3) is 0 Å². The highest BCUT2D eigenvalue weighted by Crippen LogP contribution is 2.08. The highest BCUT2D eigenvalue weighted by molar-refractivity contribution is 7.85. The third-order valence-electron chi connectivity index (χ3n) is 1.88. The second-order valence-electron chi connectivity index (χ2n) is 4.97. The number of carbonyl (C=O) groups excluding carboxylic acids is 1. The van der Waals surface area contributed by atoms with Gasteiger partial charge in [-0.25, -0.2) is 9.59 Å². The number of aliphatic carboxylic acids is 1. The fourth-order valence-electron chi connectivity index (χ4n) is 1.18. The third-order valence-corrected chi connectivity index (χ3v) is 2.69. The van der Waals surface area contributed by atoms with E-state index in [4.69, 9.17) is 14.4 Å². The summed E-state index contributed by atoms with van der Waals surface area (Å²) in [7, 11) is -4.14. The van der Waals surface area contributed by atoms with Crippen molar-refractivity contribution in [3.63, 3.8) is 0 Å². The number of hydrogen-bond donors (Lipinski definition) is 3. The van der Waals surface area contributed by atoms with Crippen molar-refractivity contribution in [2.24, 2.45) is 0 Å². The van der Waals surface area contributed by atoms with Crippen LogP contribution in [0.3, 0.4) is 0 Å². The van der Waals surface area contributed by atoms with E-state index in [-0.39, 0.29) is 12.8 Å². The van der Waals surface area contributed by atoms with Gasteiger partial charge in [0, 0.05) is 0 Å². The molecule has 1 amide bonds. The summed E-state index contributed by atoms with van der Waals surface area (Å²) < 4.78 is 34.4. The van der Waals surface area contributed by atoms with Crippen molar-refractivity contribution in [2.45, 2.75) is 45.3 Å². The Kier molecular flexibility index (Phi) is 6.23. The molecule has 0 aliphatic heterocycles. The van der Waals surface area contributed by atoms with E-state index in [0.717, 1.165) is 0 Å². The molecule has 0 radical (unpaired) electrons. The summed E-state index contributed by atoms with van der Waals surface area (Å²) in [5, 5.41) is 11.0. The molecule has 8 nitrogen and oxygen atoms in total. The van der Waals surface area contributed by atoms with E-state index in [0.29, 0.717) is 0 Å². The summed E-state index contributed by atoms with van der Waals surface area (Å²) >= 11 is 0. The predicted molar refractivity (Wildman–Crippen MR) is 66.4 cm³/mol. The minimum atomic E-state index is -4.14. The van der Waals surface area contributed by atoms with E-state index in [1.54, 1.807) is 20.8 Å². The van der Waals surface area contributed by atoms with Gasteiger partial charge >= 0.3 is 12.1 Å². The van der Waals surface area contributed by atoms with Crippen molar-refractivity contribution in [3.8, 4) is 0 Å². The van der Waals surface area contributed by atoms with Gasteiger partial charge in [-0.3, -0.25) is 4.55 Å². The molecule has 19 heavy (non-hydrogen) atoms. The summed E-state index contributed by atoms with van der Waals surface area (Å²) in [4.78, 5) is 22.2. The molecule has 0 spiro atoms. The zero-order chi connectivity index (χ0) is 15.3. The van der Waals surface area contributed by atoms with Crippen molar-refractivity contribution in [3.05, 3.63) is 0 Å². The Balaban J connectivity index is 4.35. The summed E-state index contributed by atoms with van der Waals surface area (Å²) in [6.07, 6.45) is -1.12. The molecule has 0 aliphatic carbocycles. The first-order valence-electron chi connectivity index (χ1n) is 5.58. The number of amides is 1. The van der Waals surface area contributed by atoms with Gasteiger partial charge in [-0.1, -0.05) is 0 Å². The maximum Gasteiger partial charge on any atom is 0.408 e. The number of carboxylic acids is 1. The molecular formula is C10H19NO7S. The van der Waals surface area contributed by atoms with Gasteiger partial charge in [0.25, 0.3) is 10.1 Å². The van der Waals surface area contributed by atoms with Gasteiger partial charge in [-0.2, -0.15) is 8.42 Å². The Labute approximate surface area is 111 Å². The van der Waals surface area contributed by atoms with Crippen LogP contribution in [0.15, 0.2) is 0 Å². The fraction of sp³-hybridized carbons (Fsp3) is 0.800. The van der Waals surface area contributed by atoms with Gasteiger partial charge in [0.05, 0.1) is 5.75 Å². The lowest BCUT2D eigenvalue weighted by atomic mass is 10.2. The SMILES string of the molecule is CC(C)(C)OC(=O)NC(CCCS(=O)(=O)O)C(=O)O. The maximum absolute atomic E-state index is 11.4. The molecular weight excluding hydrogens is 278 g/mol. The summed E-state index contributed by atoms with van der Waals surface area (Å²) in [5.74, 6) is -1.87. The molecule has 112 valence electrons. The lowest BCUT2D eigenvalue weighted by Crippen LogP contribution is -2.43. The van der Waals surface area contributed by atoms with Crippen LogP contribution in [-0.2, 0) is 19.6 Å². The number of hydrogen-bond acceptors (Lipinski definition) is 5. The van der Waals surface area contributed by atoms with Crippen molar-refractivity contribution < 1.29 is 32.4 Å². The van der Waals surface area contributed by atoms with Crippen LogP contribution >= 0.6 is 0 Å². The largest absolute Gasteiger partial charge is 0.480 e. The lowest BCUT2D eigenvalue weighted by molar-refractivity contribution is -0.139. The molecule has 1 unspecified atom stereocenters. The van der Waals surface area contributed by atoms with E-state index < -0.39 is 39.6 Å². The van der Waals surface area contributed by atoms with E-state index in [2.05, 4.69) is 5.32 Å². The average Bonchev–Trinajstić information content (AvgIpc) is 2.10. The molecule has 0 saturated carbocycles. The Hall–Kier alpha value is -1.35. The molecule has 0 bridgehead atoms. The smallest absolute Gasteiger partial charge is 0.408 e. The standard InChI is InChI=1S/C10H19NO7S/c1-10(2,3)18-9(14)11-7(8(12)13)5-4-6-19(15,16)17/h7H,4-6H2,1-3H3,(H,11,14)(H,12,13)(H,15,16,17). The Bertz CT molecular complexity index is 424. The minimum absolute atomic E-state index is 0.0917. The van der Waals surface area contributed by atoms with Gasteiger partial charge in [-0.05, 0) is 33.6 Å². The average molecular weight is 297 g/mol. The van der Waals surface area contributed by atoms with E-state index in [1.165, 1.54) is 0 Å². The first-order chi connectivity index (χ1) is 8.41. The molecule has 0 aliphatic rings. The molecule has 9 heteroatoms. The van der Waals surface area contributed by atoms with Crippen LogP contribution in [0, 0.1) is 0 Å².